The first-order valence-electron chi connectivity index (χ1n) is 9.87. The molecule has 2 unspecified atom stereocenters. The maximum Gasteiger partial charge on any atom is 0.158 e. The molecule has 3 aromatic heterocycles. The van der Waals surface area contributed by atoms with Crippen molar-refractivity contribution in [2.24, 2.45) is 0 Å². The maximum atomic E-state index is 6.06. The lowest BCUT2D eigenvalue weighted by atomic mass is 9.97. The number of pyridine rings is 2. The predicted molar refractivity (Wildman–Crippen MR) is 105 cm³/mol. The fourth-order valence-electron chi connectivity index (χ4n) is 3.74. The van der Waals surface area contributed by atoms with Gasteiger partial charge in [0.05, 0.1) is 30.1 Å². The number of aryl methyl sites for hydroxylation is 1. The van der Waals surface area contributed by atoms with Gasteiger partial charge in [0.25, 0.3) is 0 Å². The van der Waals surface area contributed by atoms with Crippen LogP contribution in [0.2, 0.25) is 0 Å². The van der Waals surface area contributed by atoms with Crippen molar-refractivity contribution in [2.45, 2.75) is 31.5 Å². The van der Waals surface area contributed by atoms with Gasteiger partial charge in [-0.15, -0.1) is 0 Å². The van der Waals surface area contributed by atoms with Crippen LogP contribution in [0.15, 0.2) is 30.6 Å². The molecule has 0 amide bonds. The van der Waals surface area contributed by atoms with Gasteiger partial charge in [-0.25, -0.2) is 9.67 Å². The summed E-state index contributed by atoms with van der Waals surface area (Å²) in [7, 11) is 1.70. The summed E-state index contributed by atoms with van der Waals surface area (Å²) >= 11 is 0. The zero-order valence-electron chi connectivity index (χ0n) is 16.6. The SMILES string of the molecule is COC1(c2cc(OCC3CCO3)cc(-n3ncc4cnc(C)cc43)n2)CCOC1. The Kier molecular flexibility index (Phi) is 4.69. The second-order valence-electron chi connectivity index (χ2n) is 7.58. The van der Waals surface area contributed by atoms with Gasteiger partial charge < -0.3 is 18.9 Å². The van der Waals surface area contributed by atoms with Crippen LogP contribution in [0.3, 0.4) is 0 Å². The molecule has 0 aromatic carbocycles. The lowest BCUT2D eigenvalue weighted by Gasteiger charge is -2.28. The molecule has 0 saturated carbocycles. The zero-order valence-corrected chi connectivity index (χ0v) is 16.6. The summed E-state index contributed by atoms with van der Waals surface area (Å²) in [4.78, 5) is 9.26. The van der Waals surface area contributed by atoms with Crippen molar-refractivity contribution in [3.63, 3.8) is 0 Å². The van der Waals surface area contributed by atoms with E-state index in [-0.39, 0.29) is 6.10 Å². The van der Waals surface area contributed by atoms with Gasteiger partial charge in [-0.2, -0.15) is 5.10 Å². The average Bonchev–Trinajstić information content (AvgIpc) is 3.34. The second kappa shape index (κ2) is 7.37. The number of nitrogens with zero attached hydrogens (tertiary/aromatic N) is 4. The van der Waals surface area contributed by atoms with Gasteiger partial charge in [0.15, 0.2) is 5.82 Å². The summed E-state index contributed by atoms with van der Waals surface area (Å²) < 4.78 is 24.9. The van der Waals surface area contributed by atoms with Gasteiger partial charge >= 0.3 is 0 Å². The molecule has 0 bridgehead atoms. The quantitative estimate of drug-likeness (QED) is 0.633. The number of aromatic nitrogens is 4. The van der Waals surface area contributed by atoms with E-state index in [1.807, 2.05) is 36.0 Å². The second-order valence-corrected chi connectivity index (χ2v) is 7.58. The third kappa shape index (κ3) is 3.37. The molecule has 0 radical (unpaired) electrons. The Hall–Kier alpha value is -2.55. The normalized spacial score (nSPS) is 24.0. The van der Waals surface area contributed by atoms with Crippen LogP contribution in [0.25, 0.3) is 16.7 Å². The highest BCUT2D eigenvalue weighted by atomic mass is 16.6. The highest BCUT2D eigenvalue weighted by molar-refractivity contribution is 5.79. The maximum absolute atomic E-state index is 6.06. The number of methoxy groups -OCH3 is 1. The van der Waals surface area contributed by atoms with Crippen LogP contribution >= 0.6 is 0 Å². The summed E-state index contributed by atoms with van der Waals surface area (Å²) in [5, 5.41) is 5.51. The van der Waals surface area contributed by atoms with Crippen molar-refractivity contribution in [3.05, 3.63) is 42.0 Å². The van der Waals surface area contributed by atoms with Gasteiger partial charge in [-0.1, -0.05) is 0 Å². The largest absolute Gasteiger partial charge is 0.491 e. The molecule has 29 heavy (non-hydrogen) atoms. The van der Waals surface area contributed by atoms with E-state index in [4.69, 9.17) is 23.9 Å². The molecule has 0 spiro atoms. The minimum Gasteiger partial charge on any atom is -0.491 e. The fraction of sp³-hybridized carbons (Fsp3) is 0.476. The van der Waals surface area contributed by atoms with E-state index < -0.39 is 5.60 Å². The molecule has 2 fully saturated rings. The molecule has 2 atom stereocenters. The van der Waals surface area contributed by atoms with E-state index in [2.05, 4.69) is 10.1 Å². The third-order valence-corrected chi connectivity index (χ3v) is 5.66. The van der Waals surface area contributed by atoms with E-state index in [0.717, 1.165) is 47.5 Å². The van der Waals surface area contributed by atoms with Crippen LogP contribution in [0, 0.1) is 6.92 Å². The first-order valence-corrected chi connectivity index (χ1v) is 9.87. The van der Waals surface area contributed by atoms with E-state index in [0.29, 0.717) is 25.6 Å². The first kappa shape index (κ1) is 18.5. The van der Waals surface area contributed by atoms with Gasteiger partial charge in [-0.3, -0.25) is 4.98 Å². The lowest BCUT2D eigenvalue weighted by Crippen LogP contribution is -2.33. The molecule has 2 aliphatic rings. The highest BCUT2D eigenvalue weighted by Crippen LogP contribution is 2.35. The van der Waals surface area contributed by atoms with Crippen molar-refractivity contribution in [3.8, 4) is 11.6 Å². The van der Waals surface area contributed by atoms with E-state index in [1.165, 1.54) is 0 Å². The number of hydrogen-bond acceptors (Lipinski definition) is 7. The molecular formula is C21H24N4O4. The first-order chi connectivity index (χ1) is 14.2. The van der Waals surface area contributed by atoms with Crippen LogP contribution in [-0.2, 0) is 19.8 Å². The summed E-state index contributed by atoms with van der Waals surface area (Å²) in [6.45, 7) is 4.39. The number of rotatable bonds is 6. The fourth-order valence-corrected chi connectivity index (χ4v) is 3.74. The van der Waals surface area contributed by atoms with Crippen LogP contribution in [-0.4, -0.2) is 59.4 Å². The van der Waals surface area contributed by atoms with Crippen LogP contribution < -0.4 is 4.74 Å². The lowest BCUT2D eigenvalue weighted by molar-refractivity contribution is -0.0722. The van der Waals surface area contributed by atoms with Crippen molar-refractivity contribution in [1.29, 1.82) is 0 Å². The third-order valence-electron chi connectivity index (χ3n) is 5.66. The minimum absolute atomic E-state index is 0.153. The van der Waals surface area contributed by atoms with Crippen LogP contribution in [0.4, 0.5) is 0 Å². The van der Waals surface area contributed by atoms with Gasteiger partial charge in [-0.05, 0) is 13.0 Å². The predicted octanol–water partition coefficient (Wildman–Crippen LogP) is 2.55. The summed E-state index contributed by atoms with van der Waals surface area (Å²) in [6.07, 6.45) is 5.54. The molecule has 3 aromatic rings. The van der Waals surface area contributed by atoms with Gasteiger partial charge in [0.1, 0.15) is 18.0 Å². The van der Waals surface area contributed by atoms with E-state index in [1.54, 1.807) is 13.3 Å². The topological polar surface area (TPSA) is 80.5 Å². The Morgan fingerprint density at radius 2 is 2.14 bits per heavy atom. The molecule has 8 nitrogen and oxygen atoms in total. The highest BCUT2D eigenvalue weighted by Gasteiger charge is 2.39. The van der Waals surface area contributed by atoms with Crippen LogP contribution in [0.5, 0.6) is 5.75 Å². The van der Waals surface area contributed by atoms with E-state index >= 15 is 0 Å². The zero-order chi connectivity index (χ0) is 19.8. The van der Waals surface area contributed by atoms with E-state index in [9.17, 15) is 0 Å². The van der Waals surface area contributed by atoms with Crippen molar-refractivity contribution in [2.75, 3.05) is 33.5 Å². The molecule has 2 saturated heterocycles. The monoisotopic (exact) mass is 396 g/mol. The number of hydrogen-bond donors (Lipinski definition) is 0. The van der Waals surface area contributed by atoms with Gasteiger partial charge in [0.2, 0.25) is 0 Å². The molecular weight excluding hydrogens is 372 g/mol. The Labute approximate surface area is 168 Å². The van der Waals surface area contributed by atoms with Crippen molar-refractivity contribution >= 4 is 10.9 Å². The van der Waals surface area contributed by atoms with Crippen molar-refractivity contribution < 1.29 is 18.9 Å². The molecule has 2 aliphatic heterocycles. The molecule has 8 heteroatoms. The Bertz CT molecular complexity index is 1020. The Morgan fingerprint density at radius 1 is 1.24 bits per heavy atom. The standard InChI is InChI=1S/C21H24N4O4/c1-14-7-18-15(10-22-14)11-23-25(18)20-9-17(29-12-16-3-5-28-16)8-19(24-20)21(26-2)4-6-27-13-21/h7-11,16H,3-6,12-13H2,1-2H3. The minimum atomic E-state index is -0.582. The Morgan fingerprint density at radius 3 is 2.86 bits per heavy atom. The number of fused-ring (bicyclic) bond motifs is 1. The molecule has 5 heterocycles. The molecule has 0 N–H and O–H groups in total. The molecule has 152 valence electrons. The number of ether oxygens (including phenoxy) is 4. The molecule has 0 aliphatic carbocycles. The molecule has 5 rings (SSSR count). The smallest absolute Gasteiger partial charge is 0.158 e. The average molecular weight is 396 g/mol. The summed E-state index contributed by atoms with van der Waals surface area (Å²) in [6, 6.07) is 5.85. The summed E-state index contributed by atoms with van der Waals surface area (Å²) in [5.41, 5.74) is 2.08. The van der Waals surface area contributed by atoms with Crippen molar-refractivity contribution in [1.82, 2.24) is 19.7 Å². The van der Waals surface area contributed by atoms with Crippen LogP contribution in [0.1, 0.15) is 24.2 Å². The summed E-state index contributed by atoms with van der Waals surface area (Å²) in [5.74, 6) is 1.40. The van der Waals surface area contributed by atoms with Gasteiger partial charge in [0, 0.05) is 62.6 Å². The Balaban J connectivity index is 1.59.